The summed E-state index contributed by atoms with van der Waals surface area (Å²) in [4.78, 5) is 2.50. The van der Waals surface area contributed by atoms with E-state index < -0.39 is 0 Å². The fourth-order valence-electron chi connectivity index (χ4n) is 2.90. The van der Waals surface area contributed by atoms with E-state index in [0.717, 1.165) is 44.1 Å². The summed E-state index contributed by atoms with van der Waals surface area (Å²) < 4.78 is 10.8. The number of benzene rings is 1. The molecule has 0 aliphatic carbocycles. The number of likely N-dealkylation sites (N-methyl/N-ethyl adjacent to an activating group) is 1. The summed E-state index contributed by atoms with van der Waals surface area (Å²) in [6.07, 6.45) is 1.08. The number of ether oxygens (including phenoxy) is 2. The van der Waals surface area contributed by atoms with Crippen LogP contribution in [0.5, 0.6) is 11.5 Å². The molecule has 1 aromatic rings. The Balaban J connectivity index is 2.09. The zero-order valence-corrected chi connectivity index (χ0v) is 13.0. The van der Waals surface area contributed by atoms with E-state index in [2.05, 4.69) is 36.2 Å². The number of rotatable bonds is 6. The summed E-state index contributed by atoms with van der Waals surface area (Å²) in [5.41, 5.74) is 2.74. The van der Waals surface area contributed by atoms with Crippen LogP contribution in [0.15, 0.2) is 12.1 Å². The van der Waals surface area contributed by atoms with Crippen LogP contribution >= 0.6 is 0 Å². The van der Waals surface area contributed by atoms with Gasteiger partial charge in [0.2, 0.25) is 0 Å². The summed E-state index contributed by atoms with van der Waals surface area (Å²) in [5.74, 6) is 1.66. The molecule has 0 amide bonds. The molecule has 0 spiro atoms. The normalized spacial score (nSPS) is 16.6. The Morgan fingerprint density at radius 1 is 1.20 bits per heavy atom. The molecular formula is C16H26N2O2. The van der Waals surface area contributed by atoms with Gasteiger partial charge in [0, 0.05) is 25.7 Å². The minimum Gasteiger partial charge on any atom is -0.493 e. The summed E-state index contributed by atoms with van der Waals surface area (Å²) in [5, 5.41) is 3.47. The van der Waals surface area contributed by atoms with Gasteiger partial charge in [-0.25, -0.2) is 0 Å². The Bertz CT molecular complexity index is 448. The predicted octanol–water partition coefficient (Wildman–Crippen LogP) is 2.06. The minimum absolute atomic E-state index is 0.529. The first-order chi connectivity index (χ1) is 9.67. The Hall–Kier alpha value is -1.26. The molecule has 1 N–H and O–H groups in total. The van der Waals surface area contributed by atoms with Crippen LogP contribution in [-0.4, -0.2) is 44.8 Å². The van der Waals surface area contributed by atoms with Crippen LogP contribution in [0.2, 0.25) is 0 Å². The van der Waals surface area contributed by atoms with Crippen molar-refractivity contribution in [3.63, 3.8) is 0 Å². The molecule has 112 valence electrons. The van der Waals surface area contributed by atoms with Gasteiger partial charge < -0.3 is 14.8 Å². The molecule has 1 heterocycles. The Morgan fingerprint density at radius 2 is 1.85 bits per heavy atom. The Kier molecular flexibility index (Phi) is 5.26. The van der Waals surface area contributed by atoms with Crippen LogP contribution in [0, 0.1) is 0 Å². The van der Waals surface area contributed by atoms with Gasteiger partial charge in [-0.3, -0.25) is 4.90 Å². The van der Waals surface area contributed by atoms with E-state index in [-0.39, 0.29) is 0 Å². The molecule has 0 saturated heterocycles. The molecule has 1 unspecified atom stereocenters. The summed E-state index contributed by atoms with van der Waals surface area (Å²) >= 11 is 0. The molecule has 0 radical (unpaired) electrons. The van der Waals surface area contributed by atoms with Crippen molar-refractivity contribution in [3.05, 3.63) is 23.3 Å². The third-order valence-corrected chi connectivity index (χ3v) is 3.88. The fourth-order valence-corrected chi connectivity index (χ4v) is 2.90. The van der Waals surface area contributed by atoms with Crippen LogP contribution < -0.4 is 14.8 Å². The zero-order valence-electron chi connectivity index (χ0n) is 13.0. The van der Waals surface area contributed by atoms with Gasteiger partial charge in [0.1, 0.15) is 0 Å². The van der Waals surface area contributed by atoms with Crippen LogP contribution in [0.1, 0.15) is 25.0 Å². The highest BCUT2D eigenvalue weighted by molar-refractivity contribution is 5.48. The first kappa shape index (κ1) is 15.1. The van der Waals surface area contributed by atoms with Crippen molar-refractivity contribution in [1.82, 2.24) is 10.2 Å². The molecule has 0 aromatic heterocycles. The van der Waals surface area contributed by atoms with Crippen molar-refractivity contribution in [1.29, 1.82) is 0 Å². The molecule has 4 nitrogen and oxygen atoms in total. The van der Waals surface area contributed by atoms with E-state index in [1.807, 2.05) is 0 Å². The highest BCUT2D eigenvalue weighted by Gasteiger charge is 2.20. The van der Waals surface area contributed by atoms with Crippen LogP contribution in [0.4, 0.5) is 0 Å². The maximum atomic E-state index is 5.40. The maximum Gasteiger partial charge on any atom is 0.161 e. The minimum atomic E-state index is 0.529. The summed E-state index contributed by atoms with van der Waals surface area (Å²) in [6, 6.07) is 4.78. The summed E-state index contributed by atoms with van der Waals surface area (Å²) in [7, 11) is 3.38. The second-order valence-electron chi connectivity index (χ2n) is 5.42. The predicted molar refractivity (Wildman–Crippen MR) is 81.7 cm³/mol. The van der Waals surface area contributed by atoms with Gasteiger partial charge in [0.15, 0.2) is 11.5 Å². The Morgan fingerprint density at radius 3 is 2.45 bits per heavy atom. The highest BCUT2D eigenvalue weighted by Crippen LogP contribution is 2.33. The second kappa shape index (κ2) is 6.95. The number of nitrogens with one attached hydrogen (secondary N) is 1. The zero-order chi connectivity index (χ0) is 14.5. The van der Waals surface area contributed by atoms with Crippen molar-refractivity contribution < 1.29 is 9.47 Å². The number of fused-ring (bicyclic) bond motifs is 1. The number of hydrogen-bond donors (Lipinski definition) is 1. The maximum absolute atomic E-state index is 5.40. The number of hydrogen-bond acceptors (Lipinski definition) is 4. The molecule has 0 saturated carbocycles. The van der Waals surface area contributed by atoms with Crippen molar-refractivity contribution in [2.45, 2.75) is 32.9 Å². The van der Waals surface area contributed by atoms with Crippen LogP contribution in [0.3, 0.4) is 0 Å². The molecule has 0 bridgehead atoms. The first-order valence-electron chi connectivity index (χ1n) is 7.37. The molecule has 2 rings (SSSR count). The third-order valence-electron chi connectivity index (χ3n) is 3.88. The van der Waals surface area contributed by atoms with Crippen molar-refractivity contribution in [3.8, 4) is 11.5 Å². The standard InChI is InChI=1S/C16H26N2O2/c1-5-17-12(2)10-18-7-6-13-8-15(19-3)16(20-4)9-14(13)11-18/h8-9,12,17H,5-7,10-11H2,1-4H3. The lowest BCUT2D eigenvalue weighted by Gasteiger charge is -2.31. The van der Waals surface area contributed by atoms with E-state index in [4.69, 9.17) is 9.47 Å². The molecular weight excluding hydrogens is 252 g/mol. The molecule has 1 aliphatic rings. The lowest BCUT2D eigenvalue weighted by atomic mass is 9.98. The molecule has 4 heteroatoms. The van der Waals surface area contributed by atoms with Crippen molar-refractivity contribution in [2.75, 3.05) is 33.9 Å². The highest BCUT2D eigenvalue weighted by atomic mass is 16.5. The van der Waals surface area contributed by atoms with Gasteiger partial charge in [-0.15, -0.1) is 0 Å². The lowest BCUT2D eigenvalue weighted by molar-refractivity contribution is 0.229. The lowest BCUT2D eigenvalue weighted by Crippen LogP contribution is -2.41. The van der Waals surface area contributed by atoms with E-state index in [9.17, 15) is 0 Å². The average Bonchev–Trinajstić information content (AvgIpc) is 2.45. The smallest absolute Gasteiger partial charge is 0.161 e. The van der Waals surface area contributed by atoms with Gasteiger partial charge in [-0.1, -0.05) is 6.92 Å². The van der Waals surface area contributed by atoms with Gasteiger partial charge in [0.05, 0.1) is 14.2 Å². The topological polar surface area (TPSA) is 33.7 Å². The first-order valence-corrected chi connectivity index (χ1v) is 7.37. The quantitative estimate of drug-likeness (QED) is 0.863. The average molecular weight is 278 g/mol. The van der Waals surface area contributed by atoms with E-state index in [0.29, 0.717) is 6.04 Å². The SMILES string of the molecule is CCNC(C)CN1CCc2cc(OC)c(OC)cc2C1. The van der Waals surface area contributed by atoms with E-state index in [1.165, 1.54) is 11.1 Å². The van der Waals surface area contributed by atoms with Crippen LogP contribution in [-0.2, 0) is 13.0 Å². The van der Waals surface area contributed by atoms with Crippen molar-refractivity contribution in [2.24, 2.45) is 0 Å². The Labute approximate surface area is 122 Å². The molecule has 1 atom stereocenters. The van der Waals surface area contributed by atoms with Crippen LogP contribution in [0.25, 0.3) is 0 Å². The van der Waals surface area contributed by atoms with Crippen molar-refractivity contribution >= 4 is 0 Å². The van der Waals surface area contributed by atoms with Gasteiger partial charge >= 0.3 is 0 Å². The second-order valence-corrected chi connectivity index (χ2v) is 5.42. The van der Waals surface area contributed by atoms with E-state index in [1.54, 1.807) is 14.2 Å². The van der Waals surface area contributed by atoms with E-state index >= 15 is 0 Å². The van der Waals surface area contributed by atoms with Gasteiger partial charge in [-0.05, 0) is 43.1 Å². The molecule has 0 fully saturated rings. The molecule has 1 aliphatic heterocycles. The van der Waals surface area contributed by atoms with Gasteiger partial charge in [-0.2, -0.15) is 0 Å². The fraction of sp³-hybridized carbons (Fsp3) is 0.625. The molecule has 1 aromatic carbocycles. The number of methoxy groups -OCH3 is 2. The number of nitrogens with zero attached hydrogens (tertiary/aromatic N) is 1. The monoisotopic (exact) mass is 278 g/mol. The third kappa shape index (κ3) is 3.44. The molecule has 20 heavy (non-hydrogen) atoms. The summed E-state index contributed by atoms with van der Waals surface area (Å²) in [6.45, 7) is 8.61. The largest absolute Gasteiger partial charge is 0.493 e. The van der Waals surface area contributed by atoms with Gasteiger partial charge in [0.25, 0.3) is 0 Å².